The molecule has 0 unspecified atom stereocenters. The summed E-state index contributed by atoms with van der Waals surface area (Å²) in [6.45, 7) is 4.03. The van der Waals surface area contributed by atoms with Gasteiger partial charge in [-0.25, -0.2) is 0 Å². The van der Waals surface area contributed by atoms with E-state index in [1.54, 1.807) is 0 Å². The van der Waals surface area contributed by atoms with Crippen LogP contribution < -0.4 is 0 Å². The molecule has 0 bridgehead atoms. The monoisotopic (exact) mass is 132 g/mol. The van der Waals surface area contributed by atoms with Crippen LogP contribution in [0.15, 0.2) is 11.6 Å². The molecule has 0 heterocycles. The Morgan fingerprint density at radius 3 is 2.33 bits per heavy atom. The van der Waals surface area contributed by atoms with Crippen molar-refractivity contribution in [2.24, 2.45) is 0 Å². The zero-order chi connectivity index (χ0) is 4.99. The van der Waals surface area contributed by atoms with Crippen LogP contribution in [0.1, 0.15) is 13.8 Å². The normalized spacial score (nSPS) is 12.3. The Hall–Kier alpha value is 0.259. The van der Waals surface area contributed by atoms with Crippen molar-refractivity contribution in [2.45, 2.75) is 19.2 Å². The number of allylic oxidation sites excluding steroid dienone is 2. The molecule has 0 N–H and O–H groups in total. The predicted octanol–water partition coefficient (Wildman–Crippen LogP) is 1.92. The molecule has 0 aliphatic rings. The van der Waals surface area contributed by atoms with E-state index < -0.39 is 0 Å². The zero-order valence-electron chi connectivity index (χ0n) is 4.09. The average Bonchev–Trinajstić information content (AvgIpc) is 1.65. The Kier molecular flexibility index (Phi) is 3.60. The first kappa shape index (κ1) is 6.26. The number of hydrogen-bond donors (Lipinski definition) is 0. The van der Waals surface area contributed by atoms with Gasteiger partial charge in [0, 0.05) is 0 Å². The van der Waals surface area contributed by atoms with Gasteiger partial charge >= 0.3 is 46.8 Å². The number of hydrogen-bond acceptors (Lipinski definition) is 0. The second-order valence-corrected chi connectivity index (χ2v) is 1.57. The molecule has 0 spiro atoms. The van der Waals surface area contributed by atoms with Gasteiger partial charge in [-0.15, -0.1) is 0 Å². The summed E-state index contributed by atoms with van der Waals surface area (Å²) in [7, 11) is 0. The van der Waals surface area contributed by atoms with Crippen LogP contribution in [0.2, 0.25) is 5.32 Å². The van der Waals surface area contributed by atoms with Crippen LogP contribution in [0, 0.1) is 0 Å². The second-order valence-electron chi connectivity index (χ2n) is 1.24. The summed E-state index contributed by atoms with van der Waals surface area (Å²) in [5.41, 5.74) is 1.27. The number of rotatable bonds is 1. The molecule has 40 valence electrons. The summed E-state index contributed by atoms with van der Waals surface area (Å²) >= 11 is 4.83. The fourth-order valence-electron chi connectivity index (χ4n) is 0.0615. The molecule has 0 amide bonds. The third-order valence-corrected chi connectivity index (χ3v) is 1.19. The summed E-state index contributed by atoms with van der Waals surface area (Å²) in [5.74, 6) is 0. The van der Waals surface area contributed by atoms with Crippen LogP contribution in [0.3, 0.4) is 0 Å². The van der Waals surface area contributed by atoms with Crippen molar-refractivity contribution < 1.29 is 16.0 Å². The molecular formula is C5H9Cu. The van der Waals surface area contributed by atoms with Crippen LogP contribution in [0.25, 0.3) is 0 Å². The summed E-state index contributed by atoms with van der Waals surface area (Å²) in [5, 5.41) is 0.753. The Balaban J connectivity index is 3.22. The molecule has 0 saturated heterocycles. The Bertz CT molecular complexity index is 55.0. The Morgan fingerprint density at radius 2 is 2.33 bits per heavy atom. The van der Waals surface area contributed by atoms with Crippen LogP contribution in [-0.4, -0.2) is 0 Å². The van der Waals surface area contributed by atoms with Gasteiger partial charge in [0.25, 0.3) is 0 Å². The van der Waals surface area contributed by atoms with E-state index in [2.05, 4.69) is 0 Å². The summed E-state index contributed by atoms with van der Waals surface area (Å²) in [4.78, 5) is 0. The Morgan fingerprint density at radius 1 is 1.83 bits per heavy atom. The summed E-state index contributed by atoms with van der Waals surface area (Å²) < 4.78 is 0. The van der Waals surface area contributed by atoms with Gasteiger partial charge in [0.1, 0.15) is 0 Å². The zero-order valence-corrected chi connectivity index (χ0v) is 5.03. The van der Waals surface area contributed by atoms with Gasteiger partial charge < -0.3 is 0 Å². The molecule has 0 atom stereocenters. The van der Waals surface area contributed by atoms with E-state index in [-0.39, 0.29) is 0 Å². The SMILES string of the molecule is CC=C(C)[CH2][Cu]. The van der Waals surface area contributed by atoms with E-state index in [9.17, 15) is 0 Å². The molecule has 0 nitrogen and oxygen atoms in total. The molecule has 6 heavy (non-hydrogen) atoms. The molecule has 0 saturated carbocycles. The first-order valence-electron chi connectivity index (χ1n) is 1.93. The molecular weight excluding hydrogens is 124 g/mol. The van der Waals surface area contributed by atoms with Gasteiger partial charge in [-0.3, -0.25) is 0 Å². The van der Waals surface area contributed by atoms with Crippen LogP contribution in [-0.2, 0) is 16.0 Å². The standard InChI is InChI=1S/C5H9.Cu/c1-4-5(2)3;/h4H,2H2,1,3H3;. The summed E-state index contributed by atoms with van der Waals surface area (Å²) in [6.07, 6.45) is 2.03. The molecule has 0 aromatic carbocycles. The fourth-order valence-corrected chi connectivity index (χ4v) is 0.254. The van der Waals surface area contributed by atoms with Crippen molar-refractivity contribution in [2.75, 3.05) is 0 Å². The van der Waals surface area contributed by atoms with Gasteiger partial charge in [0.15, 0.2) is 0 Å². The minimum atomic E-state index is 0.753. The van der Waals surface area contributed by atoms with Crippen molar-refractivity contribution in [1.29, 1.82) is 0 Å². The van der Waals surface area contributed by atoms with Crippen LogP contribution in [0.4, 0.5) is 0 Å². The molecule has 0 rings (SSSR count). The first-order chi connectivity index (χ1) is 2.81. The maximum absolute atomic E-state index is 4.83. The second kappa shape index (κ2) is 3.45. The van der Waals surface area contributed by atoms with E-state index in [0.717, 1.165) is 5.32 Å². The maximum atomic E-state index is 4.83. The molecule has 0 aliphatic carbocycles. The molecule has 0 aromatic heterocycles. The first-order valence-corrected chi connectivity index (χ1v) is 2.60. The minimum absolute atomic E-state index is 0.753. The van der Waals surface area contributed by atoms with Crippen molar-refractivity contribution >= 4 is 0 Å². The van der Waals surface area contributed by atoms with Crippen molar-refractivity contribution in [3.8, 4) is 0 Å². The van der Waals surface area contributed by atoms with Gasteiger partial charge in [-0.1, -0.05) is 0 Å². The average molecular weight is 133 g/mol. The molecule has 0 fully saturated rings. The fraction of sp³-hybridized carbons (Fsp3) is 0.600. The third-order valence-electron chi connectivity index (χ3n) is 0.661. The van der Waals surface area contributed by atoms with E-state index >= 15 is 0 Å². The van der Waals surface area contributed by atoms with Crippen molar-refractivity contribution in [3.05, 3.63) is 11.6 Å². The molecule has 0 radical (unpaired) electrons. The Labute approximate surface area is 47.4 Å². The van der Waals surface area contributed by atoms with Gasteiger partial charge in [0.05, 0.1) is 0 Å². The molecule has 0 aliphatic heterocycles. The predicted molar refractivity (Wildman–Crippen MR) is 24.2 cm³/mol. The topological polar surface area (TPSA) is 0 Å². The van der Waals surface area contributed by atoms with Crippen molar-refractivity contribution in [1.82, 2.24) is 0 Å². The van der Waals surface area contributed by atoms with Crippen LogP contribution in [0.5, 0.6) is 0 Å². The van der Waals surface area contributed by atoms with Crippen molar-refractivity contribution in [3.63, 3.8) is 0 Å². The van der Waals surface area contributed by atoms with E-state index in [1.807, 2.05) is 19.9 Å². The third kappa shape index (κ3) is 2.49. The van der Waals surface area contributed by atoms with E-state index in [4.69, 9.17) is 16.0 Å². The van der Waals surface area contributed by atoms with Crippen LogP contribution >= 0.6 is 0 Å². The van der Waals surface area contributed by atoms with Gasteiger partial charge in [-0.2, -0.15) is 0 Å². The van der Waals surface area contributed by atoms with E-state index in [1.165, 1.54) is 5.57 Å². The molecule has 1 heteroatoms. The van der Waals surface area contributed by atoms with Gasteiger partial charge in [-0.05, 0) is 0 Å². The quantitative estimate of drug-likeness (QED) is 0.378. The summed E-state index contributed by atoms with van der Waals surface area (Å²) in [6, 6.07) is 0. The van der Waals surface area contributed by atoms with E-state index in [0.29, 0.717) is 0 Å². The molecule has 0 aromatic rings. The van der Waals surface area contributed by atoms with Gasteiger partial charge in [0.2, 0.25) is 0 Å².